The van der Waals surface area contributed by atoms with Crippen molar-refractivity contribution in [1.82, 2.24) is 20.3 Å². The van der Waals surface area contributed by atoms with Gasteiger partial charge in [-0.15, -0.1) is 5.10 Å². The Labute approximate surface area is 143 Å². The number of aromatic nitrogens is 3. The summed E-state index contributed by atoms with van der Waals surface area (Å²) in [5, 5.41) is 11.2. The van der Waals surface area contributed by atoms with E-state index in [0.717, 1.165) is 11.1 Å². The smallest absolute Gasteiger partial charge is 0.273 e. The van der Waals surface area contributed by atoms with Crippen molar-refractivity contribution >= 4 is 17.5 Å². The van der Waals surface area contributed by atoms with Crippen LogP contribution in [0.15, 0.2) is 54.7 Å². The van der Waals surface area contributed by atoms with Crippen LogP contribution < -0.4 is 5.32 Å². The van der Waals surface area contributed by atoms with Gasteiger partial charge in [-0.2, -0.15) is 0 Å². The molecule has 3 rings (SSSR count). The van der Waals surface area contributed by atoms with Gasteiger partial charge in [0.05, 0.1) is 12.7 Å². The van der Waals surface area contributed by atoms with Gasteiger partial charge >= 0.3 is 0 Å². The fourth-order valence-electron chi connectivity index (χ4n) is 2.13. The van der Waals surface area contributed by atoms with Gasteiger partial charge in [-0.05, 0) is 35.4 Å². The first-order chi connectivity index (χ1) is 11.6. The van der Waals surface area contributed by atoms with Gasteiger partial charge in [-0.1, -0.05) is 41.1 Å². The third-order valence-electron chi connectivity index (χ3n) is 3.40. The number of nitrogens with zero attached hydrogens (tertiary/aromatic N) is 3. The zero-order valence-corrected chi connectivity index (χ0v) is 13.4. The van der Waals surface area contributed by atoms with E-state index in [0.29, 0.717) is 18.1 Å². The number of benzene rings is 2. The second-order valence-electron chi connectivity index (χ2n) is 5.24. The van der Waals surface area contributed by atoms with Crippen LogP contribution >= 0.6 is 11.6 Å². The standard InChI is InChI=1S/C17H14ClFN4O/c18-14-5-1-13(2-6-14)10-23-11-16(21-22-23)17(24)20-9-12-3-7-15(19)8-4-12/h1-8,11H,9-10H2,(H,20,24). The maximum Gasteiger partial charge on any atom is 0.273 e. The van der Waals surface area contributed by atoms with Crippen LogP contribution in [0.4, 0.5) is 4.39 Å². The van der Waals surface area contributed by atoms with Gasteiger partial charge in [0.15, 0.2) is 5.69 Å². The lowest BCUT2D eigenvalue weighted by Gasteiger charge is -2.03. The second kappa shape index (κ2) is 7.23. The molecule has 0 fully saturated rings. The molecule has 5 nitrogen and oxygen atoms in total. The van der Waals surface area contributed by atoms with Gasteiger partial charge < -0.3 is 5.32 Å². The number of hydrogen-bond donors (Lipinski definition) is 1. The molecule has 1 N–H and O–H groups in total. The number of halogens is 2. The molecule has 0 unspecified atom stereocenters. The zero-order valence-electron chi connectivity index (χ0n) is 12.6. The highest BCUT2D eigenvalue weighted by molar-refractivity contribution is 6.30. The molecule has 24 heavy (non-hydrogen) atoms. The number of nitrogens with one attached hydrogen (secondary N) is 1. The van der Waals surface area contributed by atoms with Crippen LogP contribution in [0.2, 0.25) is 5.02 Å². The topological polar surface area (TPSA) is 59.8 Å². The van der Waals surface area contributed by atoms with Crippen molar-refractivity contribution in [2.24, 2.45) is 0 Å². The summed E-state index contributed by atoms with van der Waals surface area (Å²) in [7, 11) is 0. The monoisotopic (exact) mass is 344 g/mol. The summed E-state index contributed by atoms with van der Waals surface area (Å²) in [4.78, 5) is 12.1. The van der Waals surface area contributed by atoms with Crippen LogP contribution in [0.1, 0.15) is 21.6 Å². The van der Waals surface area contributed by atoms with E-state index in [1.54, 1.807) is 35.1 Å². The molecular formula is C17H14ClFN4O. The lowest BCUT2D eigenvalue weighted by atomic mass is 10.2. The zero-order chi connectivity index (χ0) is 16.9. The first-order valence-corrected chi connectivity index (χ1v) is 7.65. The maximum absolute atomic E-state index is 12.8. The molecule has 0 bridgehead atoms. The number of rotatable bonds is 5. The highest BCUT2D eigenvalue weighted by Crippen LogP contribution is 2.10. The van der Waals surface area contributed by atoms with Gasteiger partial charge in [0.2, 0.25) is 0 Å². The van der Waals surface area contributed by atoms with Crippen molar-refractivity contribution < 1.29 is 9.18 Å². The molecule has 0 saturated heterocycles. The average molecular weight is 345 g/mol. The van der Waals surface area contributed by atoms with Gasteiger partial charge in [0, 0.05) is 11.6 Å². The van der Waals surface area contributed by atoms with E-state index in [-0.39, 0.29) is 17.4 Å². The van der Waals surface area contributed by atoms with E-state index in [1.165, 1.54) is 12.1 Å². The van der Waals surface area contributed by atoms with Crippen LogP contribution in [-0.4, -0.2) is 20.9 Å². The van der Waals surface area contributed by atoms with E-state index in [4.69, 9.17) is 11.6 Å². The number of carbonyl (C=O) groups excluding carboxylic acids is 1. The fraction of sp³-hybridized carbons (Fsp3) is 0.118. The summed E-state index contributed by atoms with van der Waals surface area (Å²) < 4.78 is 14.4. The molecule has 0 aliphatic rings. The lowest BCUT2D eigenvalue weighted by molar-refractivity contribution is 0.0946. The van der Waals surface area contributed by atoms with E-state index in [1.807, 2.05) is 12.1 Å². The first-order valence-electron chi connectivity index (χ1n) is 7.27. The van der Waals surface area contributed by atoms with Gasteiger partial charge in [0.1, 0.15) is 5.82 Å². The molecule has 0 aliphatic carbocycles. The van der Waals surface area contributed by atoms with Crippen molar-refractivity contribution in [2.45, 2.75) is 13.1 Å². The van der Waals surface area contributed by atoms with Crippen LogP contribution in [0.3, 0.4) is 0 Å². The maximum atomic E-state index is 12.8. The molecule has 3 aromatic rings. The summed E-state index contributed by atoms with van der Waals surface area (Å²) in [6, 6.07) is 13.3. The molecule has 2 aromatic carbocycles. The minimum absolute atomic E-state index is 0.228. The van der Waals surface area contributed by atoms with Gasteiger partial charge in [0.25, 0.3) is 5.91 Å². The molecule has 0 atom stereocenters. The SMILES string of the molecule is O=C(NCc1ccc(F)cc1)c1cn(Cc2ccc(Cl)cc2)nn1. The van der Waals surface area contributed by atoms with Gasteiger partial charge in [-0.3, -0.25) is 4.79 Å². The van der Waals surface area contributed by atoms with Crippen LogP contribution in [-0.2, 0) is 13.1 Å². The summed E-state index contributed by atoms with van der Waals surface area (Å²) in [6.07, 6.45) is 1.58. The minimum atomic E-state index is -0.332. The normalized spacial score (nSPS) is 10.6. The average Bonchev–Trinajstić information content (AvgIpc) is 3.05. The van der Waals surface area contributed by atoms with Gasteiger partial charge in [-0.25, -0.2) is 9.07 Å². The van der Waals surface area contributed by atoms with E-state index in [2.05, 4.69) is 15.6 Å². The molecule has 7 heteroatoms. The van der Waals surface area contributed by atoms with E-state index >= 15 is 0 Å². The van der Waals surface area contributed by atoms with Crippen molar-refractivity contribution in [1.29, 1.82) is 0 Å². The van der Waals surface area contributed by atoms with Crippen LogP contribution in [0.5, 0.6) is 0 Å². The molecular weight excluding hydrogens is 331 g/mol. The Balaban J connectivity index is 1.59. The quantitative estimate of drug-likeness (QED) is 0.774. The Bertz CT molecular complexity index is 831. The van der Waals surface area contributed by atoms with Crippen molar-refractivity contribution in [3.8, 4) is 0 Å². The van der Waals surface area contributed by atoms with E-state index < -0.39 is 0 Å². The molecule has 1 aromatic heterocycles. The van der Waals surface area contributed by atoms with E-state index in [9.17, 15) is 9.18 Å². The second-order valence-corrected chi connectivity index (χ2v) is 5.67. The minimum Gasteiger partial charge on any atom is -0.347 e. The Morgan fingerprint density at radius 2 is 1.75 bits per heavy atom. The van der Waals surface area contributed by atoms with Crippen molar-refractivity contribution in [3.63, 3.8) is 0 Å². The molecule has 1 amide bonds. The third kappa shape index (κ3) is 4.17. The predicted molar refractivity (Wildman–Crippen MR) is 88.1 cm³/mol. The highest BCUT2D eigenvalue weighted by atomic mass is 35.5. The molecule has 0 aliphatic heterocycles. The molecule has 1 heterocycles. The number of amides is 1. The Morgan fingerprint density at radius 1 is 1.08 bits per heavy atom. The third-order valence-corrected chi connectivity index (χ3v) is 3.65. The summed E-state index contributed by atoms with van der Waals surface area (Å²) in [5.74, 6) is -0.642. The van der Waals surface area contributed by atoms with Crippen molar-refractivity contribution in [3.05, 3.63) is 82.4 Å². The predicted octanol–water partition coefficient (Wildman–Crippen LogP) is 3.05. The Kier molecular flexibility index (Phi) is 4.86. The lowest BCUT2D eigenvalue weighted by Crippen LogP contribution is -2.23. The molecule has 0 radical (unpaired) electrons. The Hall–Kier alpha value is -2.73. The first kappa shape index (κ1) is 16.1. The van der Waals surface area contributed by atoms with Crippen molar-refractivity contribution in [2.75, 3.05) is 0 Å². The summed E-state index contributed by atoms with van der Waals surface area (Å²) in [5.41, 5.74) is 2.03. The summed E-state index contributed by atoms with van der Waals surface area (Å²) >= 11 is 5.85. The largest absolute Gasteiger partial charge is 0.347 e. The molecule has 0 spiro atoms. The molecule has 122 valence electrons. The molecule has 0 saturated carbocycles. The fourth-order valence-corrected chi connectivity index (χ4v) is 2.26. The van der Waals surface area contributed by atoms with Crippen LogP contribution in [0.25, 0.3) is 0 Å². The number of carbonyl (C=O) groups is 1. The summed E-state index contributed by atoms with van der Waals surface area (Å²) in [6.45, 7) is 0.790. The van der Waals surface area contributed by atoms with Crippen LogP contribution in [0, 0.1) is 5.82 Å². The Morgan fingerprint density at radius 3 is 2.46 bits per heavy atom. The highest BCUT2D eigenvalue weighted by Gasteiger charge is 2.10. The number of hydrogen-bond acceptors (Lipinski definition) is 3.